The second-order valence-corrected chi connectivity index (χ2v) is 7.62. The smallest absolute Gasteiger partial charge is 0.383 e. The third-order valence-corrected chi connectivity index (χ3v) is 5.27. The standard InChI is InChI=1S/C23H26F3N3O2/c1-16-27-21-10-9-18(28(2)12-11-23(24,25)26)14-20(21)22(30)29(16)19(15-31-3)13-17-7-5-4-6-8-17/h4-10,14,19H,11-13,15H2,1-3H3/t19-/m0/s1. The van der Waals surface area contributed by atoms with Crippen molar-refractivity contribution in [1.82, 2.24) is 9.55 Å². The molecule has 0 radical (unpaired) electrons. The zero-order valence-electron chi connectivity index (χ0n) is 17.8. The van der Waals surface area contributed by atoms with Crippen LogP contribution in [0.4, 0.5) is 18.9 Å². The van der Waals surface area contributed by atoms with Crippen LogP contribution in [0.5, 0.6) is 0 Å². The predicted molar refractivity (Wildman–Crippen MR) is 116 cm³/mol. The molecule has 166 valence electrons. The summed E-state index contributed by atoms with van der Waals surface area (Å²) in [6.45, 7) is 1.91. The van der Waals surface area contributed by atoms with E-state index in [1.165, 1.54) is 4.90 Å². The van der Waals surface area contributed by atoms with Crippen molar-refractivity contribution < 1.29 is 17.9 Å². The number of methoxy groups -OCH3 is 1. The Morgan fingerprint density at radius 2 is 1.87 bits per heavy atom. The maximum absolute atomic E-state index is 13.4. The van der Waals surface area contributed by atoms with E-state index in [1.54, 1.807) is 43.8 Å². The summed E-state index contributed by atoms with van der Waals surface area (Å²) in [5.41, 5.74) is 1.89. The average molecular weight is 433 g/mol. The van der Waals surface area contributed by atoms with Crippen molar-refractivity contribution in [2.24, 2.45) is 0 Å². The van der Waals surface area contributed by atoms with Gasteiger partial charge in [0, 0.05) is 26.4 Å². The fraction of sp³-hybridized carbons (Fsp3) is 0.391. The molecule has 3 aromatic rings. The highest BCUT2D eigenvalue weighted by Gasteiger charge is 2.27. The van der Waals surface area contributed by atoms with Crippen molar-refractivity contribution >= 4 is 16.6 Å². The lowest BCUT2D eigenvalue weighted by Gasteiger charge is -2.23. The lowest BCUT2D eigenvalue weighted by atomic mass is 10.1. The molecule has 0 unspecified atom stereocenters. The Kier molecular flexibility index (Phi) is 7.00. The van der Waals surface area contributed by atoms with Crippen molar-refractivity contribution in [3.63, 3.8) is 0 Å². The van der Waals surface area contributed by atoms with Crippen LogP contribution in [0.15, 0.2) is 53.3 Å². The van der Waals surface area contributed by atoms with Crippen LogP contribution in [-0.4, -0.2) is 43.0 Å². The quantitative estimate of drug-likeness (QED) is 0.524. The Bertz CT molecular complexity index is 1080. The number of aryl methyl sites for hydroxylation is 1. The Hall–Kier alpha value is -2.87. The summed E-state index contributed by atoms with van der Waals surface area (Å²) < 4.78 is 44.8. The van der Waals surface area contributed by atoms with Gasteiger partial charge in [0.25, 0.3) is 5.56 Å². The number of anilines is 1. The number of alkyl halides is 3. The lowest BCUT2D eigenvalue weighted by molar-refractivity contribution is -0.132. The molecule has 3 rings (SSSR count). The van der Waals surface area contributed by atoms with Gasteiger partial charge in [0.2, 0.25) is 0 Å². The van der Waals surface area contributed by atoms with Gasteiger partial charge in [0.15, 0.2) is 0 Å². The van der Waals surface area contributed by atoms with Crippen LogP contribution >= 0.6 is 0 Å². The van der Waals surface area contributed by atoms with Crippen LogP contribution in [0.1, 0.15) is 23.9 Å². The van der Waals surface area contributed by atoms with Crippen LogP contribution in [0, 0.1) is 6.92 Å². The zero-order valence-corrected chi connectivity index (χ0v) is 17.8. The topological polar surface area (TPSA) is 47.4 Å². The van der Waals surface area contributed by atoms with E-state index in [0.29, 0.717) is 35.4 Å². The van der Waals surface area contributed by atoms with Gasteiger partial charge in [-0.1, -0.05) is 30.3 Å². The van der Waals surface area contributed by atoms with Crippen molar-refractivity contribution in [2.45, 2.75) is 32.0 Å². The van der Waals surface area contributed by atoms with E-state index in [2.05, 4.69) is 4.98 Å². The predicted octanol–water partition coefficient (Wildman–Crippen LogP) is 4.52. The number of halogens is 3. The van der Waals surface area contributed by atoms with E-state index in [9.17, 15) is 18.0 Å². The van der Waals surface area contributed by atoms with Gasteiger partial charge in [-0.25, -0.2) is 4.98 Å². The maximum Gasteiger partial charge on any atom is 0.390 e. The molecule has 0 spiro atoms. The molecule has 0 N–H and O–H groups in total. The average Bonchev–Trinajstić information content (AvgIpc) is 2.72. The number of aromatic nitrogens is 2. The summed E-state index contributed by atoms with van der Waals surface area (Å²) in [5.74, 6) is 0.564. The first-order valence-corrected chi connectivity index (χ1v) is 10.0. The highest BCUT2D eigenvalue weighted by Crippen LogP contribution is 2.24. The molecule has 5 nitrogen and oxygen atoms in total. The number of hydrogen-bond donors (Lipinski definition) is 0. The first-order valence-electron chi connectivity index (χ1n) is 10.0. The number of rotatable bonds is 8. The van der Waals surface area contributed by atoms with Crippen LogP contribution in [0.25, 0.3) is 10.9 Å². The molecule has 0 bridgehead atoms. The highest BCUT2D eigenvalue weighted by molar-refractivity contribution is 5.81. The van der Waals surface area contributed by atoms with E-state index in [4.69, 9.17) is 4.74 Å². The molecule has 0 fully saturated rings. The van der Waals surface area contributed by atoms with Crippen LogP contribution in [-0.2, 0) is 11.2 Å². The highest BCUT2D eigenvalue weighted by atomic mass is 19.4. The number of fused-ring (bicyclic) bond motifs is 1. The molecule has 0 aliphatic carbocycles. The minimum Gasteiger partial charge on any atom is -0.383 e. The van der Waals surface area contributed by atoms with Gasteiger partial charge >= 0.3 is 6.18 Å². The van der Waals surface area contributed by atoms with Crippen molar-refractivity contribution in [3.05, 3.63) is 70.3 Å². The lowest BCUT2D eigenvalue weighted by Crippen LogP contribution is -2.32. The first-order chi connectivity index (χ1) is 14.7. The molecular formula is C23H26F3N3O2. The Morgan fingerprint density at radius 1 is 1.16 bits per heavy atom. The minimum absolute atomic E-state index is 0.192. The summed E-state index contributed by atoms with van der Waals surface area (Å²) in [6, 6.07) is 14.5. The van der Waals surface area contributed by atoms with E-state index >= 15 is 0 Å². The van der Waals surface area contributed by atoms with Gasteiger partial charge in [-0.3, -0.25) is 9.36 Å². The Morgan fingerprint density at radius 3 is 2.52 bits per heavy atom. The summed E-state index contributed by atoms with van der Waals surface area (Å²) in [6.07, 6.45) is -4.57. The number of benzene rings is 2. The van der Waals surface area contributed by atoms with Crippen LogP contribution in [0.3, 0.4) is 0 Å². The summed E-state index contributed by atoms with van der Waals surface area (Å²) >= 11 is 0. The second-order valence-electron chi connectivity index (χ2n) is 7.62. The molecule has 31 heavy (non-hydrogen) atoms. The molecule has 2 aromatic carbocycles. The molecule has 0 saturated heterocycles. The molecule has 0 aliphatic rings. The Labute approximate surface area is 179 Å². The van der Waals surface area contributed by atoms with Crippen molar-refractivity contribution in [1.29, 1.82) is 0 Å². The molecule has 0 saturated carbocycles. The molecule has 8 heteroatoms. The van der Waals surface area contributed by atoms with E-state index < -0.39 is 12.6 Å². The van der Waals surface area contributed by atoms with Gasteiger partial charge in [-0.2, -0.15) is 13.2 Å². The summed E-state index contributed by atoms with van der Waals surface area (Å²) in [5, 5.41) is 0.371. The van der Waals surface area contributed by atoms with E-state index in [1.807, 2.05) is 30.3 Å². The van der Waals surface area contributed by atoms with Crippen LogP contribution in [0.2, 0.25) is 0 Å². The van der Waals surface area contributed by atoms with Crippen molar-refractivity contribution in [3.8, 4) is 0 Å². The molecule has 0 aliphatic heterocycles. The third-order valence-electron chi connectivity index (χ3n) is 5.27. The monoisotopic (exact) mass is 433 g/mol. The van der Waals surface area contributed by atoms with Gasteiger partial charge in [-0.05, 0) is 37.1 Å². The molecule has 1 heterocycles. The normalized spacial score (nSPS) is 12.8. The zero-order chi connectivity index (χ0) is 22.6. The molecule has 1 atom stereocenters. The van der Waals surface area contributed by atoms with E-state index in [-0.39, 0.29) is 18.1 Å². The maximum atomic E-state index is 13.4. The second kappa shape index (κ2) is 9.51. The first kappa shape index (κ1) is 22.8. The molecular weight excluding hydrogens is 407 g/mol. The van der Waals surface area contributed by atoms with E-state index in [0.717, 1.165) is 5.56 Å². The Balaban J connectivity index is 2.00. The summed E-state index contributed by atoms with van der Waals surface area (Å²) in [7, 11) is 3.16. The van der Waals surface area contributed by atoms with Gasteiger partial charge in [0.05, 0.1) is 30.0 Å². The number of hydrogen-bond acceptors (Lipinski definition) is 4. The number of ether oxygens (including phenoxy) is 1. The van der Waals surface area contributed by atoms with Crippen LogP contribution < -0.4 is 10.5 Å². The third kappa shape index (κ3) is 5.64. The van der Waals surface area contributed by atoms with Gasteiger partial charge < -0.3 is 9.64 Å². The largest absolute Gasteiger partial charge is 0.390 e. The van der Waals surface area contributed by atoms with Gasteiger partial charge in [0.1, 0.15) is 5.82 Å². The minimum atomic E-state index is -4.23. The fourth-order valence-electron chi connectivity index (χ4n) is 3.69. The SMILES string of the molecule is COC[C@H](Cc1ccccc1)n1c(C)nc2ccc(N(C)CCC(F)(F)F)cc2c1=O. The van der Waals surface area contributed by atoms with Crippen molar-refractivity contribution in [2.75, 3.05) is 32.2 Å². The fourth-order valence-corrected chi connectivity index (χ4v) is 3.69. The number of nitrogens with zero attached hydrogens (tertiary/aromatic N) is 3. The molecule has 1 aromatic heterocycles. The summed E-state index contributed by atoms with van der Waals surface area (Å²) in [4.78, 5) is 19.5. The molecule has 0 amide bonds. The van der Waals surface area contributed by atoms with Gasteiger partial charge in [-0.15, -0.1) is 0 Å².